The van der Waals surface area contributed by atoms with E-state index < -0.39 is 30.4 Å². The zero-order valence-electron chi connectivity index (χ0n) is 8.05. The van der Waals surface area contributed by atoms with E-state index in [2.05, 4.69) is 0 Å². The molecule has 0 aliphatic heterocycles. The fraction of sp³-hybridized carbons (Fsp3) is 0.125. The fourth-order valence-electron chi connectivity index (χ4n) is 1.28. The third kappa shape index (κ3) is 2.66. The molecule has 0 aliphatic carbocycles. The Morgan fingerprint density at radius 1 is 1.47 bits per heavy atom. The van der Waals surface area contributed by atoms with E-state index in [4.69, 9.17) is 27.5 Å². The van der Waals surface area contributed by atoms with E-state index in [-0.39, 0.29) is 11.1 Å². The molecule has 1 aromatic rings. The Morgan fingerprint density at radius 2 is 2.06 bits per heavy atom. The van der Waals surface area contributed by atoms with Gasteiger partial charge in [0.15, 0.2) is 0 Å². The number of nitriles is 1. The van der Waals surface area contributed by atoms with Gasteiger partial charge in [-0.25, -0.2) is 8.42 Å². The van der Waals surface area contributed by atoms with Gasteiger partial charge in [-0.2, -0.15) is 5.26 Å². The second-order valence-corrected chi connectivity index (χ2v) is 5.65. The highest BCUT2D eigenvalue weighted by Crippen LogP contribution is 2.32. The van der Waals surface area contributed by atoms with Crippen LogP contribution >= 0.6 is 22.3 Å². The van der Waals surface area contributed by atoms with Crippen LogP contribution in [0.25, 0.3) is 0 Å². The van der Waals surface area contributed by atoms with E-state index in [0.29, 0.717) is 0 Å². The lowest BCUT2D eigenvalue weighted by Gasteiger charge is -2.06. The van der Waals surface area contributed by atoms with Crippen molar-refractivity contribution < 1.29 is 13.3 Å². The van der Waals surface area contributed by atoms with Gasteiger partial charge in [0.1, 0.15) is 11.0 Å². The van der Waals surface area contributed by atoms with E-state index in [1.165, 1.54) is 0 Å². The zero-order valence-corrected chi connectivity index (χ0v) is 10.4. The first-order chi connectivity index (χ1) is 7.82. The first-order valence-electron chi connectivity index (χ1n) is 4.04. The largest absolute Gasteiger partial charge is 0.275 e. The Kier molecular flexibility index (Phi) is 3.93. The molecule has 0 spiro atoms. The highest BCUT2D eigenvalue weighted by molar-refractivity contribution is 8.13. The van der Waals surface area contributed by atoms with Gasteiger partial charge in [-0.1, -0.05) is 0 Å². The summed E-state index contributed by atoms with van der Waals surface area (Å²) in [6.45, 7) is 0. The van der Waals surface area contributed by atoms with Crippen LogP contribution in [-0.2, 0) is 14.9 Å². The lowest BCUT2D eigenvalue weighted by atomic mass is 10.1. The third-order valence-corrected chi connectivity index (χ3v) is 3.61. The van der Waals surface area contributed by atoms with Crippen LogP contribution in [0, 0.1) is 21.4 Å². The first kappa shape index (κ1) is 13.7. The fourth-order valence-corrected chi connectivity index (χ4v) is 3.01. The van der Waals surface area contributed by atoms with Crippen LogP contribution in [0.15, 0.2) is 17.0 Å². The Morgan fingerprint density at radius 3 is 2.41 bits per heavy atom. The molecule has 0 amide bonds. The van der Waals surface area contributed by atoms with Gasteiger partial charge < -0.3 is 0 Å². The van der Waals surface area contributed by atoms with Gasteiger partial charge in [0.25, 0.3) is 14.7 Å². The molecule has 0 radical (unpaired) electrons. The molecule has 1 rings (SSSR count). The predicted octanol–water partition coefficient (Wildman–Crippen LogP) is 2.13. The van der Waals surface area contributed by atoms with Crippen molar-refractivity contribution in [3.05, 3.63) is 33.4 Å². The highest BCUT2D eigenvalue weighted by atomic mass is 35.7. The van der Waals surface area contributed by atoms with Gasteiger partial charge in [-0.3, -0.25) is 10.1 Å². The molecule has 0 aromatic heterocycles. The van der Waals surface area contributed by atoms with Gasteiger partial charge in [-0.15, -0.1) is 11.6 Å². The average molecular weight is 295 g/mol. The molecule has 0 unspecified atom stereocenters. The van der Waals surface area contributed by atoms with Crippen molar-refractivity contribution in [2.24, 2.45) is 0 Å². The van der Waals surface area contributed by atoms with Gasteiger partial charge in [0.05, 0.1) is 21.9 Å². The summed E-state index contributed by atoms with van der Waals surface area (Å²) in [7, 11) is 0.859. The van der Waals surface area contributed by atoms with Crippen LogP contribution in [0.4, 0.5) is 5.69 Å². The molecule has 0 saturated heterocycles. The maximum Gasteiger partial charge on any atom is 0.275 e. The number of alkyl halides is 1. The van der Waals surface area contributed by atoms with Crippen molar-refractivity contribution >= 4 is 37.0 Å². The minimum Gasteiger partial charge on any atom is -0.258 e. The molecule has 6 nitrogen and oxygen atoms in total. The number of nitro benzene ring substituents is 1. The number of halogens is 2. The summed E-state index contributed by atoms with van der Waals surface area (Å²) in [5.41, 5.74) is -1.05. The molecular formula is C8H4Cl2N2O4S. The molecule has 1 aromatic carbocycles. The van der Waals surface area contributed by atoms with Crippen molar-refractivity contribution in [1.29, 1.82) is 5.26 Å². The standard InChI is InChI=1S/C8H4Cl2N2O4S/c9-3-6-7(12(13)14)2-1-5(4-11)8(6)17(10,15)16/h1-2H,3H2. The maximum absolute atomic E-state index is 11.3. The number of benzene rings is 1. The summed E-state index contributed by atoms with van der Waals surface area (Å²) < 4.78 is 22.6. The van der Waals surface area contributed by atoms with Crippen LogP contribution in [0.3, 0.4) is 0 Å². The molecule has 0 atom stereocenters. The summed E-state index contributed by atoms with van der Waals surface area (Å²) in [4.78, 5) is 9.29. The van der Waals surface area contributed by atoms with Crippen LogP contribution in [0.5, 0.6) is 0 Å². The summed E-state index contributed by atoms with van der Waals surface area (Å²) in [6, 6.07) is 3.63. The topological polar surface area (TPSA) is 101 Å². The smallest absolute Gasteiger partial charge is 0.258 e. The van der Waals surface area contributed by atoms with Crippen LogP contribution in [0.2, 0.25) is 0 Å². The van der Waals surface area contributed by atoms with E-state index in [0.717, 1.165) is 12.1 Å². The number of nitro groups is 1. The van der Waals surface area contributed by atoms with E-state index in [1.54, 1.807) is 6.07 Å². The molecule has 0 bridgehead atoms. The SMILES string of the molecule is N#Cc1ccc([N+](=O)[O-])c(CCl)c1S(=O)(=O)Cl. The first-order valence-corrected chi connectivity index (χ1v) is 6.88. The molecule has 0 fully saturated rings. The van der Waals surface area contributed by atoms with Gasteiger partial charge in [0.2, 0.25) is 0 Å². The Labute approximate surface area is 106 Å². The van der Waals surface area contributed by atoms with Gasteiger partial charge in [-0.05, 0) is 6.07 Å². The predicted molar refractivity (Wildman–Crippen MR) is 60.4 cm³/mol. The summed E-state index contributed by atoms with van der Waals surface area (Å²) >= 11 is 5.48. The summed E-state index contributed by atoms with van der Waals surface area (Å²) in [5.74, 6) is -0.437. The molecule has 17 heavy (non-hydrogen) atoms. The minimum atomic E-state index is -4.28. The third-order valence-electron chi connectivity index (χ3n) is 1.93. The normalized spacial score (nSPS) is 10.9. The zero-order chi connectivity index (χ0) is 13.2. The van der Waals surface area contributed by atoms with Gasteiger partial charge >= 0.3 is 0 Å². The molecule has 9 heteroatoms. The van der Waals surface area contributed by atoms with Crippen molar-refractivity contribution in [2.75, 3.05) is 0 Å². The molecule has 0 saturated carbocycles. The number of nitrogens with zero attached hydrogens (tertiary/aromatic N) is 2. The Hall–Kier alpha value is -1.36. The second-order valence-electron chi connectivity index (χ2n) is 2.88. The van der Waals surface area contributed by atoms with E-state index in [9.17, 15) is 18.5 Å². The monoisotopic (exact) mass is 294 g/mol. The number of hydrogen-bond acceptors (Lipinski definition) is 5. The average Bonchev–Trinajstić information content (AvgIpc) is 2.25. The summed E-state index contributed by atoms with van der Waals surface area (Å²) in [5, 5.41) is 19.4. The Balaban J connectivity index is 3.82. The highest BCUT2D eigenvalue weighted by Gasteiger charge is 2.27. The number of hydrogen-bond donors (Lipinski definition) is 0. The summed E-state index contributed by atoms with van der Waals surface area (Å²) in [6.07, 6.45) is 0. The quantitative estimate of drug-likeness (QED) is 0.368. The number of rotatable bonds is 3. The van der Waals surface area contributed by atoms with Gasteiger partial charge in [0, 0.05) is 16.7 Å². The van der Waals surface area contributed by atoms with Crippen LogP contribution < -0.4 is 0 Å². The van der Waals surface area contributed by atoms with Crippen molar-refractivity contribution in [2.45, 2.75) is 10.8 Å². The van der Waals surface area contributed by atoms with Crippen molar-refractivity contribution in [1.82, 2.24) is 0 Å². The Bertz CT molecular complexity index is 621. The van der Waals surface area contributed by atoms with E-state index >= 15 is 0 Å². The lowest BCUT2D eigenvalue weighted by Crippen LogP contribution is -2.04. The second kappa shape index (κ2) is 4.87. The van der Waals surface area contributed by atoms with E-state index in [1.807, 2.05) is 0 Å². The van der Waals surface area contributed by atoms with Crippen LogP contribution in [0.1, 0.15) is 11.1 Å². The van der Waals surface area contributed by atoms with Crippen molar-refractivity contribution in [3.8, 4) is 6.07 Å². The molecule has 0 heterocycles. The maximum atomic E-state index is 11.3. The van der Waals surface area contributed by atoms with Crippen molar-refractivity contribution in [3.63, 3.8) is 0 Å². The molecule has 0 N–H and O–H groups in total. The molecule has 0 aliphatic rings. The minimum absolute atomic E-state index is 0.277. The lowest BCUT2D eigenvalue weighted by molar-refractivity contribution is -0.385. The van der Waals surface area contributed by atoms with Crippen LogP contribution in [-0.4, -0.2) is 13.3 Å². The molecule has 90 valence electrons. The molecular weight excluding hydrogens is 291 g/mol.